The molecule has 480 valence electrons. The molecule has 6 rings (SSSR count). The SMILES string of the molecule is CCCCCCN(C(=O)[C@H](C(=O)N[C@H]1CCCCN1C)[C@@H](C)CC)[C@H](C[C@@H](OC(C)=O)c1nc(NC(=O)[C@@H](Cc2ccc(NC(=O)[C@H](C)NC(=O)[C@@H](NC(=O)OCC3c4ccccc4-c4ccccc43)C(C)C)c(F)c2)CC(C)(C)C(=O)O)cs1)C(C)C. The van der Waals surface area contributed by atoms with E-state index in [4.69, 9.17) is 14.5 Å². The highest BCUT2D eigenvalue weighted by atomic mass is 32.1. The number of unbranched alkanes of at least 4 members (excludes halogenated alkanes) is 3. The largest absolute Gasteiger partial charge is 0.481 e. The summed E-state index contributed by atoms with van der Waals surface area (Å²) in [6.45, 7) is 20.4. The van der Waals surface area contributed by atoms with Crippen molar-refractivity contribution in [3.8, 4) is 11.1 Å². The summed E-state index contributed by atoms with van der Waals surface area (Å²) in [5, 5.41) is 25.9. The van der Waals surface area contributed by atoms with Crippen LogP contribution >= 0.6 is 11.3 Å². The summed E-state index contributed by atoms with van der Waals surface area (Å²) in [7, 11) is 1.98. The number of amides is 6. The Morgan fingerprint density at radius 1 is 0.830 bits per heavy atom. The predicted molar refractivity (Wildman–Crippen MR) is 338 cm³/mol. The molecule has 19 nitrogen and oxygen atoms in total. The molecule has 1 aliphatic heterocycles. The standard InChI is InChI=1S/C67H93FN8O11S/c1-13-15-16-22-32-76(64(82)57(41(7)14-2)61(80)73-56-28-21-23-31-75(56)12)53(39(3)4)35-54(87-43(9)77)63-72-55(38-88-63)71-60(79)45(36-67(10,11)65(83)84)33-44-29-30-52(51(68)34-44)70-59(78)42(8)69-62(81)58(40(5)6)74-66(85)86-37-50-48-26-19-17-24-46(48)47-25-18-20-27-49(47)50/h17-20,24-27,29-30,34,38-42,45,50,53-54,56-58H,13-16,21-23,28,31-33,35-37H2,1-12H3,(H,69,81)(H,70,78)(H,71,79)(H,73,80)(H,74,85)(H,83,84)/t41-,42-,45-,53+,54+,56+,57-,58-/m0/s1. The maximum Gasteiger partial charge on any atom is 0.407 e. The molecule has 0 spiro atoms. The number of benzene rings is 3. The van der Waals surface area contributed by atoms with Crippen LogP contribution in [-0.2, 0) is 49.5 Å². The topological polar surface area (TPSA) is 255 Å². The number of anilines is 2. The molecule has 6 N–H and O–H groups in total. The van der Waals surface area contributed by atoms with E-state index < -0.39 is 89.0 Å². The first-order valence-corrected chi connectivity index (χ1v) is 32.1. The van der Waals surface area contributed by atoms with Crippen LogP contribution in [0.4, 0.5) is 20.7 Å². The molecule has 2 aliphatic rings. The Kier molecular flexibility index (Phi) is 25.6. The van der Waals surface area contributed by atoms with Crippen molar-refractivity contribution in [2.75, 3.05) is 37.4 Å². The summed E-state index contributed by atoms with van der Waals surface area (Å²) in [4.78, 5) is 118. The van der Waals surface area contributed by atoms with Crippen molar-refractivity contribution >= 4 is 70.4 Å². The van der Waals surface area contributed by atoms with E-state index in [0.717, 1.165) is 84.7 Å². The number of rotatable bonds is 31. The van der Waals surface area contributed by atoms with Gasteiger partial charge in [0.1, 0.15) is 41.3 Å². The molecule has 88 heavy (non-hydrogen) atoms. The molecule has 0 saturated carbocycles. The van der Waals surface area contributed by atoms with Crippen LogP contribution in [0.2, 0.25) is 0 Å². The molecule has 1 aromatic heterocycles. The van der Waals surface area contributed by atoms with Gasteiger partial charge in [0, 0.05) is 43.1 Å². The molecule has 1 saturated heterocycles. The number of likely N-dealkylation sites (tertiary alicyclic amines) is 1. The Hall–Kier alpha value is -7.26. The second kappa shape index (κ2) is 32.3. The molecular formula is C67H93FN8O11S. The van der Waals surface area contributed by atoms with Gasteiger partial charge in [0.2, 0.25) is 29.5 Å². The second-order valence-corrected chi connectivity index (χ2v) is 26.1. The number of alkyl carbamates (subject to hydrolysis) is 1. The number of carboxylic acids is 1. The van der Waals surface area contributed by atoms with Crippen molar-refractivity contribution in [3.05, 3.63) is 99.6 Å². The van der Waals surface area contributed by atoms with Gasteiger partial charge in [-0.05, 0) is 131 Å². The number of nitrogens with one attached hydrogen (secondary N) is 5. The monoisotopic (exact) mass is 1240 g/mol. The first-order valence-electron chi connectivity index (χ1n) is 31.2. The number of piperidine rings is 1. The molecule has 3 aromatic carbocycles. The minimum atomic E-state index is -1.41. The van der Waals surface area contributed by atoms with Crippen molar-refractivity contribution in [1.29, 1.82) is 0 Å². The fourth-order valence-corrected chi connectivity index (χ4v) is 12.5. The molecule has 6 amide bonds. The van der Waals surface area contributed by atoms with Crippen molar-refractivity contribution in [2.24, 2.45) is 35.0 Å². The second-order valence-electron chi connectivity index (χ2n) is 25.2. The van der Waals surface area contributed by atoms with Gasteiger partial charge in [0.05, 0.1) is 17.3 Å². The number of halogens is 1. The molecule has 8 atom stereocenters. The van der Waals surface area contributed by atoms with Crippen LogP contribution in [0.5, 0.6) is 0 Å². The van der Waals surface area contributed by atoms with Crippen molar-refractivity contribution in [2.45, 2.75) is 183 Å². The molecule has 0 bridgehead atoms. The average Bonchev–Trinajstić information content (AvgIpc) is 2.03. The number of carboxylic acid groups (broad SMARTS) is 1. The Labute approximate surface area is 522 Å². The Bertz CT molecular complexity index is 3030. The molecule has 2 heterocycles. The van der Waals surface area contributed by atoms with Gasteiger partial charge in [-0.2, -0.15) is 0 Å². The van der Waals surface area contributed by atoms with Gasteiger partial charge >= 0.3 is 18.0 Å². The van der Waals surface area contributed by atoms with Crippen molar-refractivity contribution in [3.63, 3.8) is 0 Å². The Morgan fingerprint density at radius 3 is 2.09 bits per heavy atom. The summed E-state index contributed by atoms with van der Waals surface area (Å²) < 4.78 is 27.7. The maximum absolute atomic E-state index is 16.0. The van der Waals surface area contributed by atoms with Gasteiger partial charge in [0.25, 0.3) is 0 Å². The van der Waals surface area contributed by atoms with Gasteiger partial charge < -0.3 is 46.1 Å². The fraction of sp³-hybridized carbons (Fsp3) is 0.567. The smallest absolute Gasteiger partial charge is 0.407 e. The Balaban J connectivity index is 1.12. The third-order valence-corrected chi connectivity index (χ3v) is 18.1. The molecule has 1 aliphatic carbocycles. The van der Waals surface area contributed by atoms with E-state index in [1.807, 2.05) is 88.2 Å². The summed E-state index contributed by atoms with van der Waals surface area (Å²) in [6, 6.07) is 17.0. The molecule has 0 radical (unpaired) electrons. The maximum atomic E-state index is 16.0. The number of hydrogen-bond acceptors (Lipinski definition) is 13. The van der Waals surface area contributed by atoms with Crippen LogP contribution in [-0.4, -0.2) is 118 Å². The van der Waals surface area contributed by atoms with Crippen LogP contribution in [0.3, 0.4) is 0 Å². The van der Waals surface area contributed by atoms with E-state index in [1.54, 1.807) is 19.2 Å². The van der Waals surface area contributed by atoms with E-state index >= 15 is 9.18 Å². The fourth-order valence-electron chi connectivity index (χ4n) is 11.7. The van der Waals surface area contributed by atoms with E-state index in [-0.39, 0.29) is 73.1 Å². The predicted octanol–water partition coefficient (Wildman–Crippen LogP) is 11.2. The summed E-state index contributed by atoms with van der Waals surface area (Å²) in [5.74, 6) is -8.13. The van der Waals surface area contributed by atoms with Crippen molar-refractivity contribution in [1.82, 2.24) is 30.7 Å². The number of fused-ring (bicyclic) bond motifs is 3. The number of aromatic nitrogens is 1. The van der Waals surface area contributed by atoms with Crippen LogP contribution in [0.25, 0.3) is 11.1 Å². The van der Waals surface area contributed by atoms with Gasteiger partial charge in [-0.15, -0.1) is 11.3 Å². The third kappa shape index (κ3) is 18.6. The van der Waals surface area contributed by atoms with Crippen molar-refractivity contribution < 1.29 is 57.3 Å². The number of esters is 1. The summed E-state index contributed by atoms with van der Waals surface area (Å²) >= 11 is 1.13. The highest BCUT2D eigenvalue weighted by Crippen LogP contribution is 2.45. The Morgan fingerprint density at radius 2 is 1.50 bits per heavy atom. The zero-order chi connectivity index (χ0) is 64.6. The van der Waals surface area contributed by atoms with Gasteiger partial charge in [-0.1, -0.05) is 129 Å². The third-order valence-electron chi connectivity index (χ3n) is 17.2. The molecule has 1 fully saturated rings. The quantitative estimate of drug-likeness (QED) is 0.0156. The van der Waals surface area contributed by atoms with Crippen LogP contribution in [0.15, 0.2) is 72.1 Å². The summed E-state index contributed by atoms with van der Waals surface area (Å²) in [5.41, 5.74) is 2.88. The van der Waals surface area contributed by atoms with Crippen LogP contribution < -0.4 is 26.6 Å². The van der Waals surface area contributed by atoms with Gasteiger partial charge in [-0.25, -0.2) is 14.2 Å². The van der Waals surface area contributed by atoms with Gasteiger partial charge in [0.15, 0.2) is 6.10 Å². The molecule has 0 unspecified atom stereocenters. The number of nitrogens with zero attached hydrogens (tertiary/aromatic N) is 3. The van der Waals surface area contributed by atoms with E-state index in [0.29, 0.717) is 30.0 Å². The van der Waals surface area contributed by atoms with E-state index in [1.165, 1.54) is 39.8 Å². The normalized spacial score (nSPS) is 16.6. The number of carbonyl (C=O) groups excluding carboxylic acids is 7. The first-order chi connectivity index (χ1) is 41.7. The lowest BCUT2D eigenvalue weighted by atomic mass is 9.80. The lowest BCUT2D eigenvalue weighted by molar-refractivity contribution is -0.151. The van der Waals surface area contributed by atoms with E-state index in [9.17, 15) is 38.7 Å². The highest BCUT2D eigenvalue weighted by Gasteiger charge is 2.41. The van der Waals surface area contributed by atoms with E-state index in [2.05, 4.69) is 38.4 Å². The number of ether oxygens (including phenoxy) is 2. The lowest BCUT2D eigenvalue weighted by Crippen LogP contribution is -2.56. The zero-order valence-corrected chi connectivity index (χ0v) is 54.2. The molecular weight excluding hydrogens is 1140 g/mol. The molecule has 4 aromatic rings. The highest BCUT2D eigenvalue weighted by molar-refractivity contribution is 7.10. The number of aliphatic carboxylic acids is 1. The minimum Gasteiger partial charge on any atom is -0.481 e. The molecule has 21 heteroatoms. The first kappa shape index (κ1) is 69.8. The average molecular weight is 1240 g/mol. The number of thiazole rings is 1. The number of carbonyl (C=O) groups is 8. The van der Waals surface area contributed by atoms with Crippen LogP contribution in [0, 0.1) is 40.8 Å². The van der Waals surface area contributed by atoms with Crippen LogP contribution in [0.1, 0.15) is 174 Å². The van der Waals surface area contributed by atoms with Gasteiger partial charge in [-0.3, -0.25) is 38.5 Å². The lowest BCUT2D eigenvalue weighted by Gasteiger charge is -2.40. The minimum absolute atomic E-state index is 0.0336. The number of hydrogen-bond donors (Lipinski definition) is 6. The zero-order valence-electron chi connectivity index (χ0n) is 53.3. The summed E-state index contributed by atoms with van der Waals surface area (Å²) in [6.07, 6.45) is 4.85.